The highest BCUT2D eigenvalue weighted by Crippen LogP contribution is 2.31. The third-order valence-electron chi connectivity index (χ3n) is 3.20. The largest absolute Gasteiger partial charge is 0.387 e. The highest BCUT2D eigenvalue weighted by atomic mass is 16.3. The lowest BCUT2D eigenvalue weighted by molar-refractivity contribution is 0.141. The van der Waals surface area contributed by atoms with Gasteiger partial charge < -0.3 is 5.11 Å². The fourth-order valence-electron chi connectivity index (χ4n) is 2.24. The van der Waals surface area contributed by atoms with E-state index in [2.05, 4.69) is 18.0 Å². The van der Waals surface area contributed by atoms with Crippen LogP contribution in [0.3, 0.4) is 0 Å². The molecule has 2 heteroatoms. The van der Waals surface area contributed by atoms with Gasteiger partial charge in [0.2, 0.25) is 0 Å². The normalized spacial score (nSPS) is 26.7. The lowest BCUT2D eigenvalue weighted by Crippen LogP contribution is -2.05. The predicted molar refractivity (Wildman–Crippen MR) is 55.9 cm³/mol. The van der Waals surface area contributed by atoms with E-state index in [9.17, 15) is 5.11 Å². The standard InChI is InChI=1S/C12H17NO/c1-2-9-5-6-10-4-3-7-13-12(10)11(14)8-9/h3-4,7,9,11,14H,2,5-6,8H2,1H3/t9-,11?/m1/s1. The molecule has 1 aliphatic carbocycles. The van der Waals surface area contributed by atoms with Gasteiger partial charge >= 0.3 is 0 Å². The van der Waals surface area contributed by atoms with Crippen LogP contribution in [0.25, 0.3) is 0 Å². The number of fused-ring (bicyclic) bond motifs is 1. The van der Waals surface area contributed by atoms with Gasteiger partial charge in [-0.3, -0.25) is 4.98 Å². The third kappa shape index (κ3) is 1.80. The van der Waals surface area contributed by atoms with Crippen LogP contribution in [-0.2, 0) is 6.42 Å². The van der Waals surface area contributed by atoms with Crippen molar-refractivity contribution in [2.24, 2.45) is 5.92 Å². The Kier molecular flexibility index (Phi) is 2.82. The van der Waals surface area contributed by atoms with Crippen molar-refractivity contribution in [1.29, 1.82) is 0 Å². The molecule has 0 aromatic carbocycles. The molecular formula is C12H17NO. The topological polar surface area (TPSA) is 33.1 Å². The number of aliphatic hydroxyl groups is 1. The van der Waals surface area contributed by atoms with Crippen LogP contribution in [0.15, 0.2) is 18.3 Å². The number of aromatic nitrogens is 1. The maximum Gasteiger partial charge on any atom is 0.0965 e. The molecule has 14 heavy (non-hydrogen) atoms. The first-order valence-corrected chi connectivity index (χ1v) is 5.43. The Morgan fingerprint density at radius 2 is 2.43 bits per heavy atom. The quantitative estimate of drug-likeness (QED) is 0.692. The fourth-order valence-corrected chi connectivity index (χ4v) is 2.24. The Balaban J connectivity index is 2.26. The average Bonchev–Trinajstić information content (AvgIpc) is 2.39. The van der Waals surface area contributed by atoms with Gasteiger partial charge in [0.05, 0.1) is 11.8 Å². The molecule has 2 nitrogen and oxygen atoms in total. The zero-order valence-electron chi connectivity index (χ0n) is 8.61. The second-order valence-corrected chi connectivity index (χ2v) is 4.11. The smallest absolute Gasteiger partial charge is 0.0965 e. The van der Waals surface area contributed by atoms with E-state index in [0.29, 0.717) is 5.92 Å². The number of rotatable bonds is 1. The molecule has 1 unspecified atom stereocenters. The molecule has 2 rings (SSSR count). The van der Waals surface area contributed by atoms with E-state index in [1.807, 2.05) is 6.07 Å². The van der Waals surface area contributed by atoms with E-state index < -0.39 is 0 Å². The van der Waals surface area contributed by atoms with E-state index in [1.54, 1.807) is 6.20 Å². The van der Waals surface area contributed by atoms with Crippen molar-refractivity contribution in [3.05, 3.63) is 29.6 Å². The summed E-state index contributed by atoms with van der Waals surface area (Å²) < 4.78 is 0. The Labute approximate surface area is 85.0 Å². The van der Waals surface area contributed by atoms with Gasteiger partial charge in [-0.25, -0.2) is 0 Å². The van der Waals surface area contributed by atoms with Crippen LogP contribution >= 0.6 is 0 Å². The highest BCUT2D eigenvalue weighted by Gasteiger charge is 2.22. The van der Waals surface area contributed by atoms with Gasteiger partial charge in [-0.05, 0) is 36.8 Å². The summed E-state index contributed by atoms with van der Waals surface area (Å²) in [5, 5.41) is 9.98. The van der Waals surface area contributed by atoms with E-state index in [4.69, 9.17) is 0 Å². The molecule has 1 aromatic rings. The number of aryl methyl sites for hydroxylation is 1. The summed E-state index contributed by atoms with van der Waals surface area (Å²) in [6.45, 7) is 2.20. The van der Waals surface area contributed by atoms with Gasteiger partial charge in [-0.1, -0.05) is 19.4 Å². The van der Waals surface area contributed by atoms with Gasteiger partial charge in [0.25, 0.3) is 0 Å². The maximum absolute atomic E-state index is 9.98. The SMILES string of the molecule is CC[C@@H]1CCc2cccnc2C(O)C1. The molecular weight excluding hydrogens is 174 g/mol. The van der Waals surface area contributed by atoms with Crippen molar-refractivity contribution in [3.63, 3.8) is 0 Å². The summed E-state index contributed by atoms with van der Waals surface area (Å²) in [4.78, 5) is 4.28. The molecule has 0 saturated heterocycles. The summed E-state index contributed by atoms with van der Waals surface area (Å²) >= 11 is 0. The third-order valence-corrected chi connectivity index (χ3v) is 3.20. The van der Waals surface area contributed by atoms with Gasteiger partial charge in [0.15, 0.2) is 0 Å². The molecule has 0 radical (unpaired) electrons. The number of nitrogens with zero attached hydrogens (tertiary/aromatic N) is 1. The van der Waals surface area contributed by atoms with Crippen LogP contribution in [0.4, 0.5) is 0 Å². The summed E-state index contributed by atoms with van der Waals surface area (Å²) in [6.07, 6.45) is 5.71. The van der Waals surface area contributed by atoms with Crippen LogP contribution in [-0.4, -0.2) is 10.1 Å². The van der Waals surface area contributed by atoms with E-state index in [1.165, 1.54) is 12.0 Å². The molecule has 1 N–H and O–H groups in total. The fraction of sp³-hybridized carbons (Fsp3) is 0.583. The van der Waals surface area contributed by atoms with Crippen LogP contribution in [0.5, 0.6) is 0 Å². The molecule has 0 fully saturated rings. The molecule has 1 aromatic heterocycles. The van der Waals surface area contributed by atoms with Gasteiger partial charge in [0.1, 0.15) is 0 Å². The van der Waals surface area contributed by atoms with Crippen LogP contribution < -0.4 is 0 Å². The van der Waals surface area contributed by atoms with Gasteiger partial charge in [0, 0.05) is 6.20 Å². The van der Waals surface area contributed by atoms with Gasteiger partial charge in [-0.15, -0.1) is 0 Å². The zero-order chi connectivity index (χ0) is 9.97. The van der Waals surface area contributed by atoms with Crippen LogP contribution in [0.1, 0.15) is 43.5 Å². The molecule has 0 amide bonds. The Morgan fingerprint density at radius 1 is 1.57 bits per heavy atom. The molecule has 76 valence electrons. The number of hydrogen-bond acceptors (Lipinski definition) is 2. The minimum atomic E-state index is -0.348. The van der Waals surface area contributed by atoms with Crippen LogP contribution in [0.2, 0.25) is 0 Å². The molecule has 2 atom stereocenters. The van der Waals surface area contributed by atoms with Crippen molar-refractivity contribution in [1.82, 2.24) is 4.98 Å². The second kappa shape index (κ2) is 4.09. The highest BCUT2D eigenvalue weighted by molar-refractivity contribution is 5.23. The molecule has 0 aliphatic heterocycles. The minimum Gasteiger partial charge on any atom is -0.387 e. The molecule has 1 aliphatic rings. The summed E-state index contributed by atoms with van der Waals surface area (Å²) in [7, 11) is 0. The van der Waals surface area contributed by atoms with E-state index in [0.717, 1.165) is 25.0 Å². The lowest BCUT2D eigenvalue weighted by atomic mass is 9.96. The van der Waals surface area contributed by atoms with Crippen molar-refractivity contribution < 1.29 is 5.11 Å². The molecule has 1 heterocycles. The molecule has 0 bridgehead atoms. The lowest BCUT2D eigenvalue weighted by Gasteiger charge is -2.13. The van der Waals surface area contributed by atoms with Crippen LogP contribution in [0, 0.1) is 5.92 Å². The first-order valence-electron chi connectivity index (χ1n) is 5.43. The summed E-state index contributed by atoms with van der Waals surface area (Å²) in [5.41, 5.74) is 2.14. The summed E-state index contributed by atoms with van der Waals surface area (Å²) in [5.74, 6) is 0.652. The van der Waals surface area contributed by atoms with Crippen molar-refractivity contribution in [3.8, 4) is 0 Å². The van der Waals surface area contributed by atoms with Crippen molar-refractivity contribution in [2.45, 2.75) is 38.7 Å². The van der Waals surface area contributed by atoms with Gasteiger partial charge in [-0.2, -0.15) is 0 Å². The Bertz CT molecular complexity index is 311. The predicted octanol–water partition coefficient (Wildman–Crippen LogP) is 2.48. The van der Waals surface area contributed by atoms with E-state index in [-0.39, 0.29) is 6.10 Å². The monoisotopic (exact) mass is 191 g/mol. The number of aliphatic hydroxyl groups excluding tert-OH is 1. The average molecular weight is 191 g/mol. The number of hydrogen-bond donors (Lipinski definition) is 1. The second-order valence-electron chi connectivity index (χ2n) is 4.11. The van der Waals surface area contributed by atoms with Crippen molar-refractivity contribution in [2.75, 3.05) is 0 Å². The first-order chi connectivity index (χ1) is 6.81. The number of pyridine rings is 1. The molecule has 0 saturated carbocycles. The van der Waals surface area contributed by atoms with E-state index >= 15 is 0 Å². The Hall–Kier alpha value is -0.890. The summed E-state index contributed by atoms with van der Waals surface area (Å²) in [6, 6.07) is 4.04. The van der Waals surface area contributed by atoms with Crippen molar-refractivity contribution >= 4 is 0 Å². The molecule has 0 spiro atoms. The Morgan fingerprint density at radius 3 is 3.21 bits per heavy atom. The zero-order valence-corrected chi connectivity index (χ0v) is 8.61. The minimum absolute atomic E-state index is 0.348. The maximum atomic E-state index is 9.98. The first kappa shape index (κ1) is 9.66.